The number of hydrogen-bond donors (Lipinski definition) is 2. The van der Waals surface area contributed by atoms with Crippen LogP contribution in [0.3, 0.4) is 0 Å². The summed E-state index contributed by atoms with van der Waals surface area (Å²) in [5.41, 5.74) is 0.726. The van der Waals surface area contributed by atoms with E-state index >= 15 is 0 Å². The summed E-state index contributed by atoms with van der Waals surface area (Å²) < 4.78 is 4.43. The summed E-state index contributed by atoms with van der Waals surface area (Å²) in [6.07, 6.45) is 2.06. The van der Waals surface area contributed by atoms with Gasteiger partial charge in [-0.15, -0.1) is 0 Å². The van der Waals surface area contributed by atoms with Gasteiger partial charge in [0.25, 0.3) is 0 Å². The van der Waals surface area contributed by atoms with E-state index in [9.17, 15) is 24.3 Å². The maximum absolute atomic E-state index is 12.8. The Morgan fingerprint density at radius 1 is 0.957 bits per heavy atom. The van der Waals surface area contributed by atoms with E-state index in [2.05, 4.69) is 4.74 Å². The number of allylic oxidation sites excluding steroid dienone is 2. The fraction of sp³-hybridized carbons (Fsp3) is 0.125. The highest BCUT2D eigenvalue weighted by Crippen LogP contribution is 2.45. The van der Waals surface area contributed by atoms with E-state index in [1.807, 2.05) is 0 Å². The summed E-state index contributed by atoms with van der Waals surface area (Å²) in [7, 11) is 0. The van der Waals surface area contributed by atoms with Crippen molar-refractivity contribution in [3.8, 4) is 0 Å². The van der Waals surface area contributed by atoms with E-state index in [1.54, 1.807) is 12.1 Å². The molecule has 2 unspecified atom stereocenters. The van der Waals surface area contributed by atoms with Gasteiger partial charge in [-0.05, 0) is 6.08 Å². The Morgan fingerprint density at radius 2 is 1.57 bits per heavy atom. The molecule has 7 heteroatoms. The Bertz CT molecular complexity index is 911. The largest absolute Gasteiger partial charge is 0.389 e. The van der Waals surface area contributed by atoms with Crippen LogP contribution in [0.1, 0.15) is 20.7 Å². The molecule has 0 aromatic heterocycles. The second-order valence-electron chi connectivity index (χ2n) is 5.58. The third-order valence-corrected chi connectivity index (χ3v) is 4.46. The van der Waals surface area contributed by atoms with Gasteiger partial charge >= 0.3 is 11.9 Å². The molecule has 1 aliphatic heterocycles. The van der Waals surface area contributed by atoms with Gasteiger partial charge in [0.2, 0.25) is 5.60 Å². The summed E-state index contributed by atoms with van der Waals surface area (Å²) >= 11 is 0. The van der Waals surface area contributed by atoms with Gasteiger partial charge in [0.05, 0.1) is 0 Å². The number of fused-ring (bicyclic) bond motifs is 3. The molecule has 23 heavy (non-hydrogen) atoms. The molecular weight excluding hydrogens is 302 g/mol. The highest BCUT2D eigenvalue weighted by Gasteiger charge is 2.70. The van der Waals surface area contributed by atoms with E-state index in [-0.39, 0.29) is 16.7 Å². The predicted octanol–water partition coefficient (Wildman–Crippen LogP) is -0.556. The first-order valence-electron chi connectivity index (χ1n) is 6.73. The van der Waals surface area contributed by atoms with Crippen LogP contribution in [0.5, 0.6) is 0 Å². The van der Waals surface area contributed by atoms with Gasteiger partial charge in [0.1, 0.15) is 0 Å². The van der Waals surface area contributed by atoms with Gasteiger partial charge in [0.15, 0.2) is 17.1 Å². The normalized spacial score (nSPS) is 31.7. The SMILES string of the molecule is NC12C(=O)OC(=O)C1(O)C=CC1=C2C(=O)c2ccccc2C1=O. The van der Waals surface area contributed by atoms with E-state index in [4.69, 9.17) is 5.73 Å². The summed E-state index contributed by atoms with van der Waals surface area (Å²) in [5.74, 6) is -3.73. The molecular formula is C16H9NO6. The minimum Gasteiger partial charge on any atom is -0.389 e. The van der Waals surface area contributed by atoms with Crippen molar-refractivity contribution in [2.24, 2.45) is 5.73 Å². The quantitative estimate of drug-likeness (QED) is 0.486. The third kappa shape index (κ3) is 1.32. The molecule has 4 rings (SSSR count). The number of esters is 2. The lowest BCUT2D eigenvalue weighted by molar-refractivity contribution is -0.156. The minimum atomic E-state index is -2.51. The number of hydrogen-bond acceptors (Lipinski definition) is 7. The molecule has 1 saturated heterocycles. The molecule has 114 valence electrons. The Hall–Kier alpha value is -2.90. The molecule has 3 N–H and O–H groups in total. The molecule has 1 fully saturated rings. The number of carbonyl (C=O) groups excluding carboxylic acids is 4. The van der Waals surface area contributed by atoms with Crippen molar-refractivity contribution in [1.82, 2.24) is 0 Å². The molecule has 7 nitrogen and oxygen atoms in total. The van der Waals surface area contributed by atoms with Crippen LogP contribution < -0.4 is 5.73 Å². The number of carbonyl (C=O) groups is 4. The van der Waals surface area contributed by atoms with Crippen molar-refractivity contribution in [1.29, 1.82) is 0 Å². The number of ketones is 2. The van der Waals surface area contributed by atoms with Crippen LogP contribution >= 0.6 is 0 Å². The molecule has 2 atom stereocenters. The lowest BCUT2D eigenvalue weighted by Crippen LogP contribution is -2.66. The summed E-state index contributed by atoms with van der Waals surface area (Å²) in [4.78, 5) is 49.3. The van der Waals surface area contributed by atoms with E-state index in [1.165, 1.54) is 12.1 Å². The van der Waals surface area contributed by atoms with Crippen LogP contribution in [0.2, 0.25) is 0 Å². The molecule has 0 spiro atoms. The van der Waals surface area contributed by atoms with Crippen molar-refractivity contribution in [3.05, 3.63) is 58.7 Å². The zero-order valence-corrected chi connectivity index (χ0v) is 11.5. The van der Waals surface area contributed by atoms with Crippen molar-refractivity contribution < 1.29 is 29.0 Å². The number of aliphatic hydroxyl groups is 1. The fourth-order valence-corrected chi connectivity index (χ4v) is 3.20. The average molecular weight is 311 g/mol. The van der Waals surface area contributed by atoms with Gasteiger partial charge in [-0.1, -0.05) is 30.3 Å². The maximum Gasteiger partial charge on any atom is 0.352 e. The van der Waals surface area contributed by atoms with Crippen molar-refractivity contribution in [3.63, 3.8) is 0 Å². The Morgan fingerprint density at radius 3 is 2.22 bits per heavy atom. The van der Waals surface area contributed by atoms with Crippen molar-refractivity contribution >= 4 is 23.5 Å². The first kappa shape index (κ1) is 13.7. The number of benzene rings is 1. The molecule has 3 aliphatic rings. The molecule has 1 heterocycles. The van der Waals surface area contributed by atoms with Crippen LogP contribution in [0.4, 0.5) is 0 Å². The second kappa shape index (κ2) is 3.89. The van der Waals surface area contributed by atoms with Gasteiger partial charge in [0, 0.05) is 22.3 Å². The zero-order chi connectivity index (χ0) is 16.6. The second-order valence-corrected chi connectivity index (χ2v) is 5.58. The zero-order valence-electron chi connectivity index (χ0n) is 11.5. The topological polar surface area (TPSA) is 124 Å². The minimum absolute atomic E-state index is 0.0610. The van der Waals surface area contributed by atoms with E-state index < -0.39 is 40.2 Å². The third-order valence-electron chi connectivity index (χ3n) is 4.46. The Balaban J connectivity index is 2.05. The van der Waals surface area contributed by atoms with Gasteiger partial charge < -0.3 is 15.6 Å². The predicted molar refractivity (Wildman–Crippen MR) is 74.2 cm³/mol. The average Bonchev–Trinajstić information content (AvgIpc) is 2.71. The lowest BCUT2D eigenvalue weighted by atomic mass is 9.65. The Labute approximate surface area is 129 Å². The molecule has 1 aromatic rings. The molecule has 0 amide bonds. The van der Waals surface area contributed by atoms with Gasteiger partial charge in [-0.25, -0.2) is 9.59 Å². The van der Waals surface area contributed by atoms with Crippen LogP contribution in [-0.4, -0.2) is 39.8 Å². The fourth-order valence-electron chi connectivity index (χ4n) is 3.20. The van der Waals surface area contributed by atoms with Crippen molar-refractivity contribution in [2.75, 3.05) is 0 Å². The van der Waals surface area contributed by atoms with Crippen LogP contribution in [-0.2, 0) is 14.3 Å². The summed E-state index contributed by atoms with van der Waals surface area (Å²) in [6.45, 7) is 0. The first-order valence-corrected chi connectivity index (χ1v) is 6.73. The monoisotopic (exact) mass is 311 g/mol. The number of Topliss-reactive ketones (excluding diaryl/α,β-unsaturated/α-hetero) is 2. The molecule has 0 saturated carbocycles. The summed E-state index contributed by atoms with van der Waals surface area (Å²) in [6, 6.07) is 6.06. The molecule has 0 bridgehead atoms. The molecule has 2 aliphatic carbocycles. The maximum atomic E-state index is 12.8. The van der Waals surface area contributed by atoms with E-state index in [0.29, 0.717) is 0 Å². The lowest BCUT2D eigenvalue weighted by Gasteiger charge is -2.37. The van der Waals surface area contributed by atoms with Gasteiger partial charge in [-0.2, -0.15) is 0 Å². The summed E-state index contributed by atoms with van der Waals surface area (Å²) in [5, 5.41) is 10.5. The molecule has 0 radical (unpaired) electrons. The number of rotatable bonds is 0. The first-order chi connectivity index (χ1) is 10.8. The highest BCUT2D eigenvalue weighted by molar-refractivity contribution is 6.32. The smallest absolute Gasteiger partial charge is 0.352 e. The van der Waals surface area contributed by atoms with Crippen LogP contribution in [0.25, 0.3) is 0 Å². The highest BCUT2D eigenvalue weighted by atomic mass is 16.6. The number of nitrogens with two attached hydrogens (primary N) is 1. The van der Waals surface area contributed by atoms with Crippen molar-refractivity contribution in [2.45, 2.75) is 11.1 Å². The number of ether oxygens (including phenoxy) is 1. The molecule has 1 aromatic carbocycles. The number of cyclic esters (lactones) is 2. The van der Waals surface area contributed by atoms with Gasteiger partial charge in [-0.3, -0.25) is 9.59 Å². The van der Waals surface area contributed by atoms with Crippen LogP contribution in [0.15, 0.2) is 47.6 Å². The van der Waals surface area contributed by atoms with E-state index in [0.717, 1.165) is 12.2 Å². The Kier molecular flexibility index (Phi) is 2.32. The van der Waals surface area contributed by atoms with Crippen LogP contribution in [0, 0.1) is 0 Å². The standard InChI is InChI=1S/C16H9NO6/c17-16-10-9(5-6-15(16,22)13(20)23-14(16)21)11(18)7-3-1-2-4-8(7)12(10)19/h1-6,22H,17H2.